The fourth-order valence-corrected chi connectivity index (χ4v) is 2.78. The number of hydrogen-bond donors (Lipinski definition) is 1. The van der Waals surface area contributed by atoms with Crippen LogP contribution in [0, 0.1) is 5.41 Å². The van der Waals surface area contributed by atoms with Gasteiger partial charge in [-0.3, -0.25) is 0 Å². The molecule has 23 heavy (non-hydrogen) atoms. The fourth-order valence-electron chi connectivity index (χ4n) is 2.78. The first-order valence-corrected chi connectivity index (χ1v) is 7.54. The summed E-state index contributed by atoms with van der Waals surface area (Å²) in [6.45, 7) is 0.814. The van der Waals surface area contributed by atoms with Crippen LogP contribution in [0.25, 0.3) is 0 Å². The van der Waals surface area contributed by atoms with Gasteiger partial charge >= 0.3 is 0 Å². The molecule has 0 saturated heterocycles. The average molecular weight is 424 g/mol. The highest BCUT2D eigenvalue weighted by molar-refractivity contribution is 14.0. The van der Waals surface area contributed by atoms with Gasteiger partial charge in [-0.15, -0.1) is 24.0 Å². The Bertz CT molecular complexity index is 581. The molecular formula is C19H25IN2O. The van der Waals surface area contributed by atoms with E-state index in [1.165, 1.54) is 0 Å². The van der Waals surface area contributed by atoms with Crippen LogP contribution in [0.2, 0.25) is 0 Å². The van der Waals surface area contributed by atoms with Crippen molar-refractivity contribution in [3.05, 3.63) is 71.8 Å². The van der Waals surface area contributed by atoms with E-state index in [0.29, 0.717) is 6.42 Å². The molecule has 0 aliphatic heterocycles. The molecule has 2 rings (SSSR count). The van der Waals surface area contributed by atoms with Gasteiger partial charge in [-0.05, 0) is 17.0 Å². The summed E-state index contributed by atoms with van der Waals surface area (Å²) in [5.74, 6) is -0.543. The second-order valence-corrected chi connectivity index (χ2v) is 6.73. The van der Waals surface area contributed by atoms with Crippen molar-refractivity contribution < 1.29 is 9.59 Å². The SMILES string of the molecule is C[N+](C)(C)CCC(C(=N)[O-])(c1ccccc1)c1ccccc1.I. The Morgan fingerprint density at radius 3 is 1.61 bits per heavy atom. The minimum absolute atomic E-state index is 0. The second-order valence-electron chi connectivity index (χ2n) is 6.73. The lowest BCUT2D eigenvalue weighted by Gasteiger charge is -2.40. The van der Waals surface area contributed by atoms with Gasteiger partial charge < -0.3 is 15.0 Å². The number of benzene rings is 2. The van der Waals surface area contributed by atoms with Crippen molar-refractivity contribution in [2.75, 3.05) is 27.7 Å². The summed E-state index contributed by atoms with van der Waals surface area (Å²) in [5.41, 5.74) is 0.901. The molecule has 1 N–H and O–H groups in total. The summed E-state index contributed by atoms with van der Waals surface area (Å²) in [5, 5.41) is 20.5. The van der Waals surface area contributed by atoms with Gasteiger partial charge in [-0.2, -0.15) is 0 Å². The molecule has 0 aromatic heterocycles. The van der Waals surface area contributed by atoms with Crippen LogP contribution >= 0.6 is 24.0 Å². The third-order valence-electron chi connectivity index (χ3n) is 4.08. The van der Waals surface area contributed by atoms with Crippen molar-refractivity contribution in [1.29, 1.82) is 5.41 Å². The van der Waals surface area contributed by atoms with Crippen LogP contribution in [0.5, 0.6) is 0 Å². The number of halogens is 1. The van der Waals surface area contributed by atoms with E-state index in [-0.39, 0.29) is 24.0 Å². The molecule has 0 saturated carbocycles. The molecule has 0 spiro atoms. The maximum atomic E-state index is 12.4. The molecule has 0 bridgehead atoms. The molecule has 0 amide bonds. The normalized spacial score (nSPS) is 11.6. The van der Waals surface area contributed by atoms with Crippen LogP contribution < -0.4 is 5.11 Å². The first kappa shape index (κ1) is 19.6. The molecule has 2 aromatic rings. The van der Waals surface area contributed by atoms with Gasteiger partial charge in [-0.1, -0.05) is 60.7 Å². The van der Waals surface area contributed by atoms with E-state index in [9.17, 15) is 5.11 Å². The molecule has 0 atom stereocenters. The Morgan fingerprint density at radius 1 is 0.913 bits per heavy atom. The quantitative estimate of drug-likeness (QED) is 0.330. The van der Waals surface area contributed by atoms with Crippen molar-refractivity contribution >= 4 is 29.9 Å². The molecule has 124 valence electrons. The number of nitrogens with one attached hydrogen (secondary N) is 1. The van der Waals surface area contributed by atoms with Gasteiger partial charge in [0.15, 0.2) is 0 Å². The van der Waals surface area contributed by atoms with Gasteiger partial charge in [0.05, 0.1) is 33.1 Å². The summed E-state index contributed by atoms with van der Waals surface area (Å²) < 4.78 is 0.759. The number of rotatable bonds is 6. The molecule has 0 heterocycles. The van der Waals surface area contributed by atoms with Crippen LogP contribution in [0.1, 0.15) is 17.5 Å². The minimum atomic E-state index is -0.895. The van der Waals surface area contributed by atoms with Crippen molar-refractivity contribution in [2.45, 2.75) is 11.8 Å². The predicted molar refractivity (Wildman–Crippen MR) is 104 cm³/mol. The van der Waals surface area contributed by atoms with Gasteiger partial charge in [-0.25, -0.2) is 0 Å². The zero-order chi connectivity index (χ0) is 16.2. The summed E-state index contributed by atoms with van der Waals surface area (Å²) in [4.78, 5) is 0. The summed E-state index contributed by atoms with van der Waals surface area (Å²) >= 11 is 0. The first-order valence-electron chi connectivity index (χ1n) is 7.54. The molecule has 0 aliphatic rings. The van der Waals surface area contributed by atoms with E-state index < -0.39 is 11.3 Å². The summed E-state index contributed by atoms with van der Waals surface area (Å²) in [7, 11) is 6.32. The van der Waals surface area contributed by atoms with Crippen molar-refractivity contribution in [1.82, 2.24) is 0 Å². The van der Waals surface area contributed by atoms with Crippen molar-refractivity contribution in [2.24, 2.45) is 0 Å². The first-order chi connectivity index (χ1) is 10.4. The maximum Gasteiger partial charge on any atom is 0.0795 e. The highest BCUT2D eigenvalue weighted by atomic mass is 127. The maximum absolute atomic E-state index is 12.4. The standard InChI is InChI=1S/C19H24N2O.HI/c1-21(2,3)15-14-19(18(20)22,16-10-6-4-7-11-16)17-12-8-5-9-13-17;/h4-13H,14-15H2,1-3H3,(H-,20,22);1H. The molecule has 0 aliphatic carbocycles. The third kappa shape index (κ3) is 4.54. The molecule has 0 radical (unpaired) electrons. The van der Waals surface area contributed by atoms with E-state index in [1.54, 1.807) is 0 Å². The molecule has 4 heteroatoms. The predicted octanol–water partition coefficient (Wildman–Crippen LogP) is 3.02. The summed E-state index contributed by atoms with van der Waals surface area (Å²) in [6.07, 6.45) is 0.618. The Hall–Kier alpha value is -1.40. The van der Waals surface area contributed by atoms with E-state index in [1.807, 2.05) is 60.7 Å². The van der Waals surface area contributed by atoms with Crippen molar-refractivity contribution in [3.8, 4) is 0 Å². The molecular weight excluding hydrogens is 399 g/mol. The van der Waals surface area contributed by atoms with Crippen LogP contribution in [-0.2, 0) is 5.41 Å². The highest BCUT2D eigenvalue weighted by Crippen LogP contribution is 2.36. The monoisotopic (exact) mass is 424 g/mol. The molecule has 0 fully saturated rings. The van der Waals surface area contributed by atoms with E-state index in [4.69, 9.17) is 5.41 Å². The molecule has 3 nitrogen and oxygen atoms in total. The minimum Gasteiger partial charge on any atom is -0.861 e. The lowest BCUT2D eigenvalue weighted by atomic mass is 9.71. The highest BCUT2D eigenvalue weighted by Gasteiger charge is 2.35. The van der Waals surface area contributed by atoms with Crippen LogP contribution in [-0.4, -0.2) is 38.1 Å². The number of hydrogen-bond acceptors (Lipinski definition) is 2. The van der Waals surface area contributed by atoms with Crippen LogP contribution in [0.4, 0.5) is 0 Å². The van der Waals surface area contributed by atoms with Crippen LogP contribution in [0.15, 0.2) is 60.7 Å². The van der Waals surface area contributed by atoms with E-state index in [0.717, 1.165) is 22.2 Å². The lowest BCUT2D eigenvalue weighted by molar-refractivity contribution is -0.870. The Morgan fingerprint density at radius 2 is 1.30 bits per heavy atom. The van der Waals surface area contributed by atoms with E-state index in [2.05, 4.69) is 21.1 Å². The van der Waals surface area contributed by atoms with Crippen molar-refractivity contribution in [3.63, 3.8) is 0 Å². The Labute approximate surface area is 156 Å². The lowest BCUT2D eigenvalue weighted by Crippen LogP contribution is -2.48. The second kappa shape index (κ2) is 7.93. The fraction of sp³-hybridized carbons (Fsp3) is 0.316. The topological polar surface area (TPSA) is 46.9 Å². The molecule has 2 aromatic carbocycles. The Balaban J connectivity index is 0.00000264. The zero-order valence-electron chi connectivity index (χ0n) is 14.0. The number of quaternary nitrogens is 1. The van der Waals surface area contributed by atoms with Gasteiger partial charge in [0.2, 0.25) is 0 Å². The number of nitrogens with zero attached hydrogens (tertiary/aromatic N) is 1. The third-order valence-corrected chi connectivity index (χ3v) is 4.08. The zero-order valence-corrected chi connectivity index (χ0v) is 16.3. The van der Waals surface area contributed by atoms with Gasteiger partial charge in [0.25, 0.3) is 0 Å². The molecule has 0 unspecified atom stereocenters. The summed E-state index contributed by atoms with van der Waals surface area (Å²) in [6, 6.07) is 19.4. The van der Waals surface area contributed by atoms with Gasteiger partial charge in [0.1, 0.15) is 0 Å². The van der Waals surface area contributed by atoms with Crippen LogP contribution in [0.3, 0.4) is 0 Å². The average Bonchev–Trinajstić information content (AvgIpc) is 2.49. The van der Waals surface area contributed by atoms with E-state index >= 15 is 0 Å². The smallest absolute Gasteiger partial charge is 0.0795 e. The largest absolute Gasteiger partial charge is 0.861 e. The Kier molecular flexibility index (Phi) is 6.77. The van der Waals surface area contributed by atoms with Gasteiger partial charge in [0, 0.05) is 6.42 Å².